The standard InChI is InChI=1S/C14H18ClNO4S/c1-3-4-8-20-9-7-16-14(17)13-10-12(21(15,18)19)6-5-11(13)2/h3,5-6,10H,1,4,7-9H2,2H3,(H,16,17). The van der Waals surface area contributed by atoms with Gasteiger partial charge in [0.05, 0.1) is 18.1 Å². The molecule has 0 bridgehead atoms. The molecular formula is C14H18ClNO4S. The molecular weight excluding hydrogens is 314 g/mol. The minimum absolute atomic E-state index is 0.0952. The highest BCUT2D eigenvalue weighted by atomic mass is 35.7. The van der Waals surface area contributed by atoms with Crippen LogP contribution in [0.3, 0.4) is 0 Å². The zero-order valence-corrected chi connectivity index (χ0v) is 13.3. The summed E-state index contributed by atoms with van der Waals surface area (Å²) in [7, 11) is 1.42. The van der Waals surface area contributed by atoms with Gasteiger partial charge in [-0.2, -0.15) is 0 Å². The lowest BCUT2D eigenvalue weighted by Crippen LogP contribution is -2.28. The van der Waals surface area contributed by atoms with E-state index in [-0.39, 0.29) is 16.4 Å². The molecule has 0 atom stereocenters. The van der Waals surface area contributed by atoms with Crippen LogP contribution in [-0.2, 0) is 13.8 Å². The van der Waals surface area contributed by atoms with Crippen LogP contribution in [0.25, 0.3) is 0 Å². The van der Waals surface area contributed by atoms with Crippen molar-refractivity contribution in [3.63, 3.8) is 0 Å². The van der Waals surface area contributed by atoms with Crippen LogP contribution in [0, 0.1) is 6.92 Å². The molecule has 1 amide bonds. The molecule has 1 aromatic rings. The number of rotatable bonds is 8. The Morgan fingerprint density at radius 2 is 2.14 bits per heavy atom. The molecule has 0 aliphatic rings. The Bertz CT molecular complexity index is 613. The van der Waals surface area contributed by atoms with Crippen molar-refractivity contribution in [3.8, 4) is 0 Å². The van der Waals surface area contributed by atoms with E-state index < -0.39 is 9.05 Å². The number of amides is 1. The summed E-state index contributed by atoms with van der Waals surface area (Å²) in [5.74, 6) is -0.359. The molecule has 0 spiro atoms. The second-order valence-corrected chi connectivity index (χ2v) is 6.93. The first kappa shape index (κ1) is 17.7. The average Bonchev–Trinajstić information content (AvgIpc) is 2.41. The van der Waals surface area contributed by atoms with Gasteiger partial charge in [0, 0.05) is 22.8 Å². The summed E-state index contributed by atoms with van der Waals surface area (Å²) in [6.45, 7) is 6.57. The third-order valence-corrected chi connectivity index (χ3v) is 4.08. The van der Waals surface area contributed by atoms with Crippen molar-refractivity contribution >= 4 is 25.6 Å². The van der Waals surface area contributed by atoms with E-state index in [1.54, 1.807) is 19.1 Å². The Morgan fingerprint density at radius 3 is 2.76 bits per heavy atom. The van der Waals surface area contributed by atoms with Crippen molar-refractivity contribution in [1.82, 2.24) is 5.32 Å². The van der Waals surface area contributed by atoms with E-state index in [2.05, 4.69) is 11.9 Å². The predicted octanol–water partition coefficient (Wildman–Crippen LogP) is 2.25. The highest BCUT2D eigenvalue weighted by Gasteiger charge is 2.15. The van der Waals surface area contributed by atoms with Gasteiger partial charge in [0.1, 0.15) is 0 Å². The molecule has 116 valence electrons. The summed E-state index contributed by atoms with van der Waals surface area (Å²) in [5, 5.41) is 2.67. The SMILES string of the molecule is C=CCCOCCNC(=O)c1cc(S(=O)(=O)Cl)ccc1C. The van der Waals surface area contributed by atoms with E-state index in [0.717, 1.165) is 6.42 Å². The minimum Gasteiger partial charge on any atom is -0.379 e. The molecule has 0 radical (unpaired) electrons. The van der Waals surface area contributed by atoms with Crippen molar-refractivity contribution in [2.45, 2.75) is 18.2 Å². The lowest BCUT2D eigenvalue weighted by molar-refractivity contribution is 0.0917. The van der Waals surface area contributed by atoms with E-state index in [1.165, 1.54) is 12.1 Å². The number of carbonyl (C=O) groups is 1. The van der Waals surface area contributed by atoms with E-state index in [9.17, 15) is 13.2 Å². The number of ether oxygens (including phenoxy) is 1. The molecule has 21 heavy (non-hydrogen) atoms. The molecule has 0 aromatic heterocycles. The van der Waals surface area contributed by atoms with Crippen LogP contribution in [0.1, 0.15) is 22.3 Å². The second kappa shape index (κ2) is 8.17. The number of hydrogen-bond donors (Lipinski definition) is 1. The summed E-state index contributed by atoms with van der Waals surface area (Å²) in [6.07, 6.45) is 2.50. The smallest absolute Gasteiger partial charge is 0.261 e. The normalized spacial score (nSPS) is 11.1. The molecule has 7 heteroatoms. The Labute approximate surface area is 129 Å². The quantitative estimate of drug-likeness (QED) is 0.450. The van der Waals surface area contributed by atoms with Crippen molar-refractivity contribution < 1.29 is 17.9 Å². The summed E-state index contributed by atoms with van der Waals surface area (Å²) in [4.78, 5) is 11.9. The number of nitrogens with one attached hydrogen (secondary N) is 1. The van der Waals surface area contributed by atoms with Crippen LogP contribution in [0.4, 0.5) is 0 Å². The van der Waals surface area contributed by atoms with Gasteiger partial charge in [-0.05, 0) is 31.0 Å². The summed E-state index contributed by atoms with van der Waals surface area (Å²) >= 11 is 0. The van der Waals surface area contributed by atoms with Gasteiger partial charge in [-0.15, -0.1) is 6.58 Å². The van der Waals surface area contributed by atoms with Crippen molar-refractivity contribution in [3.05, 3.63) is 42.0 Å². The zero-order valence-electron chi connectivity index (χ0n) is 11.8. The molecule has 0 aliphatic carbocycles. The fraction of sp³-hybridized carbons (Fsp3) is 0.357. The Balaban J connectivity index is 2.63. The van der Waals surface area contributed by atoms with E-state index in [4.69, 9.17) is 15.4 Å². The molecule has 1 rings (SSSR count). The highest BCUT2D eigenvalue weighted by Crippen LogP contribution is 2.19. The van der Waals surface area contributed by atoms with Crippen LogP contribution in [-0.4, -0.2) is 34.1 Å². The topological polar surface area (TPSA) is 72.5 Å². The predicted molar refractivity (Wildman–Crippen MR) is 82.2 cm³/mol. The van der Waals surface area contributed by atoms with Crippen molar-refractivity contribution in [2.75, 3.05) is 19.8 Å². The fourth-order valence-corrected chi connectivity index (χ4v) is 2.38. The maximum atomic E-state index is 12.0. The average molecular weight is 332 g/mol. The molecule has 5 nitrogen and oxygen atoms in total. The highest BCUT2D eigenvalue weighted by molar-refractivity contribution is 8.13. The summed E-state index contributed by atoms with van der Waals surface area (Å²) < 4.78 is 27.8. The maximum Gasteiger partial charge on any atom is 0.261 e. The molecule has 1 N–H and O–H groups in total. The third kappa shape index (κ3) is 5.87. The first-order valence-electron chi connectivity index (χ1n) is 6.38. The largest absolute Gasteiger partial charge is 0.379 e. The van der Waals surface area contributed by atoms with E-state index in [1.807, 2.05) is 0 Å². The first-order valence-corrected chi connectivity index (χ1v) is 8.69. The fourth-order valence-electron chi connectivity index (χ4n) is 1.60. The van der Waals surface area contributed by atoms with Gasteiger partial charge >= 0.3 is 0 Å². The van der Waals surface area contributed by atoms with Gasteiger partial charge < -0.3 is 10.1 Å². The van der Waals surface area contributed by atoms with Crippen LogP contribution >= 0.6 is 10.7 Å². The van der Waals surface area contributed by atoms with Gasteiger partial charge in [0.2, 0.25) is 0 Å². The molecule has 0 heterocycles. The van der Waals surface area contributed by atoms with Gasteiger partial charge in [-0.25, -0.2) is 8.42 Å². The van der Waals surface area contributed by atoms with Gasteiger partial charge in [0.25, 0.3) is 15.0 Å². The van der Waals surface area contributed by atoms with Crippen LogP contribution < -0.4 is 5.32 Å². The van der Waals surface area contributed by atoms with Crippen LogP contribution in [0.15, 0.2) is 35.7 Å². The van der Waals surface area contributed by atoms with Crippen molar-refractivity contribution in [1.29, 1.82) is 0 Å². The molecule has 0 aliphatic heterocycles. The monoisotopic (exact) mass is 331 g/mol. The number of halogens is 1. The molecule has 0 saturated carbocycles. The van der Waals surface area contributed by atoms with Gasteiger partial charge in [0.15, 0.2) is 0 Å². The molecule has 1 aromatic carbocycles. The number of benzene rings is 1. The Morgan fingerprint density at radius 1 is 1.43 bits per heavy atom. The molecule has 0 unspecified atom stereocenters. The van der Waals surface area contributed by atoms with Gasteiger partial charge in [-0.1, -0.05) is 12.1 Å². The number of carbonyl (C=O) groups excluding carboxylic acids is 1. The molecule has 0 fully saturated rings. The van der Waals surface area contributed by atoms with Gasteiger partial charge in [-0.3, -0.25) is 4.79 Å². The summed E-state index contributed by atoms with van der Waals surface area (Å²) in [6, 6.07) is 4.18. The Hall–Kier alpha value is -1.37. The maximum absolute atomic E-state index is 12.0. The summed E-state index contributed by atoms with van der Waals surface area (Å²) in [5.41, 5.74) is 0.951. The molecule has 0 saturated heterocycles. The minimum atomic E-state index is -3.85. The number of aryl methyl sites for hydroxylation is 1. The van der Waals surface area contributed by atoms with E-state index >= 15 is 0 Å². The second-order valence-electron chi connectivity index (χ2n) is 4.36. The lowest BCUT2D eigenvalue weighted by atomic mass is 10.1. The zero-order chi connectivity index (χ0) is 15.9. The van der Waals surface area contributed by atoms with Crippen LogP contribution in [0.5, 0.6) is 0 Å². The van der Waals surface area contributed by atoms with E-state index in [0.29, 0.717) is 25.3 Å². The van der Waals surface area contributed by atoms with Crippen LogP contribution in [0.2, 0.25) is 0 Å². The number of hydrogen-bond acceptors (Lipinski definition) is 4. The third-order valence-electron chi connectivity index (χ3n) is 2.73. The van der Waals surface area contributed by atoms with Crippen molar-refractivity contribution in [2.24, 2.45) is 0 Å². The first-order chi connectivity index (χ1) is 9.86. The lowest BCUT2D eigenvalue weighted by Gasteiger charge is -2.09. The Kier molecular flexibility index (Phi) is 6.87.